The lowest BCUT2D eigenvalue weighted by atomic mass is 9.72. The van der Waals surface area contributed by atoms with Crippen molar-refractivity contribution in [2.24, 2.45) is 11.8 Å². The molecular formula is C42H38N6O5. The van der Waals surface area contributed by atoms with Crippen LogP contribution in [0.2, 0.25) is 0 Å². The van der Waals surface area contributed by atoms with Gasteiger partial charge in [-0.3, -0.25) is 9.59 Å². The maximum Gasteiger partial charge on any atom is 0.249 e. The highest BCUT2D eigenvalue weighted by atomic mass is 16.5. The van der Waals surface area contributed by atoms with Crippen molar-refractivity contribution >= 4 is 28.4 Å². The molecule has 11 nitrogen and oxygen atoms in total. The van der Waals surface area contributed by atoms with Gasteiger partial charge in [-0.05, 0) is 42.0 Å². The van der Waals surface area contributed by atoms with Crippen LogP contribution in [0, 0.1) is 11.8 Å². The van der Waals surface area contributed by atoms with Gasteiger partial charge in [0.15, 0.2) is 23.4 Å². The third-order valence-electron chi connectivity index (χ3n) is 12.1. The van der Waals surface area contributed by atoms with Gasteiger partial charge in [-0.1, -0.05) is 75.6 Å². The SMILES string of the molecule is CC(C)[C@@H]1NC(=O)C(NC(=O)C2CCCCC2)Cc2ccc3c(c2)C24c5cccc(c5NC2O3)-c2cccc3[nH]cc(c23)-c2cnc(o2)-c2nc1oc24. The number of para-hydroxylation sites is 1. The fraction of sp³-hybridized carbons (Fsp3) is 0.333. The monoisotopic (exact) mass is 706 g/mol. The molecule has 1 fully saturated rings. The molecule has 1 saturated carbocycles. The third-order valence-corrected chi connectivity index (χ3v) is 12.1. The number of carbonyl (C=O) groups is 2. The first-order valence-corrected chi connectivity index (χ1v) is 18.8. The Morgan fingerprint density at radius 1 is 0.962 bits per heavy atom. The average molecular weight is 707 g/mol. The number of benzene rings is 3. The molecule has 3 unspecified atom stereocenters. The van der Waals surface area contributed by atoms with Gasteiger partial charge >= 0.3 is 0 Å². The largest absolute Gasteiger partial charge is 0.469 e. The molecule has 266 valence electrons. The molecule has 10 bridgehead atoms. The van der Waals surface area contributed by atoms with Crippen LogP contribution in [0.15, 0.2) is 75.8 Å². The zero-order valence-corrected chi connectivity index (χ0v) is 29.4. The van der Waals surface area contributed by atoms with Gasteiger partial charge in [-0.2, -0.15) is 0 Å². The fourth-order valence-corrected chi connectivity index (χ4v) is 9.51. The third kappa shape index (κ3) is 4.27. The number of carbonyl (C=O) groups excluding carboxylic acids is 2. The summed E-state index contributed by atoms with van der Waals surface area (Å²) in [6, 6.07) is 17.3. The number of aromatic nitrogens is 3. The second-order valence-corrected chi connectivity index (χ2v) is 15.5. The molecule has 2 amide bonds. The molecule has 4 atom stereocenters. The molecule has 6 aromatic rings. The summed E-state index contributed by atoms with van der Waals surface area (Å²) in [5.41, 5.74) is 7.06. The minimum absolute atomic E-state index is 0.0633. The van der Waals surface area contributed by atoms with Gasteiger partial charge in [-0.25, -0.2) is 9.97 Å². The number of oxazole rings is 2. The van der Waals surface area contributed by atoms with E-state index >= 15 is 0 Å². The minimum atomic E-state index is -1.01. The van der Waals surface area contributed by atoms with Crippen LogP contribution >= 0.6 is 0 Å². The van der Waals surface area contributed by atoms with E-state index in [1.54, 1.807) is 6.20 Å². The molecule has 53 heavy (non-hydrogen) atoms. The Morgan fingerprint density at radius 3 is 2.68 bits per heavy atom. The molecule has 4 aliphatic heterocycles. The number of rotatable bonds is 3. The highest BCUT2D eigenvalue weighted by molar-refractivity contribution is 6.07. The van der Waals surface area contributed by atoms with Gasteiger partial charge in [-0.15, -0.1) is 0 Å². The van der Waals surface area contributed by atoms with Crippen LogP contribution in [-0.2, 0) is 21.4 Å². The van der Waals surface area contributed by atoms with Gasteiger partial charge in [0.2, 0.25) is 23.6 Å². The van der Waals surface area contributed by atoms with E-state index in [0.717, 1.165) is 82.1 Å². The maximum absolute atomic E-state index is 14.3. The molecule has 11 heteroatoms. The predicted octanol–water partition coefficient (Wildman–Crippen LogP) is 7.37. The maximum atomic E-state index is 14.3. The van der Waals surface area contributed by atoms with Crippen LogP contribution < -0.4 is 20.7 Å². The summed E-state index contributed by atoms with van der Waals surface area (Å²) in [6.45, 7) is 4.05. The highest BCUT2D eigenvalue weighted by Gasteiger charge is 2.61. The number of nitrogens with one attached hydrogen (secondary N) is 4. The van der Waals surface area contributed by atoms with Gasteiger partial charge in [0.1, 0.15) is 23.2 Å². The van der Waals surface area contributed by atoms with Gasteiger partial charge in [0.05, 0.1) is 6.20 Å². The topological polar surface area (TPSA) is 147 Å². The standard InChI is InChI=1S/C42H38N6O5/c1-20(2)33-40-47-35-36(53-40)42-26-12-6-11-24(23-10-7-13-28-32(23)25(18-43-28)31-19-44-39(35)51-31)34(26)48-41(42)52-30-15-14-21(16-27(30)42)17-29(38(50)46-33)45-37(49)22-8-4-3-5-9-22/h6-7,10-16,18-20,22,29,33,41,43,48H,3-5,8-9,17H2,1-2H3,(H,45,49)(H,46,50)/t29?,33-,41?,42?/m0/s1. The first kappa shape index (κ1) is 30.8. The van der Waals surface area contributed by atoms with E-state index in [-0.39, 0.29) is 23.7 Å². The van der Waals surface area contributed by atoms with Crippen LogP contribution in [0.4, 0.5) is 5.69 Å². The summed E-state index contributed by atoms with van der Waals surface area (Å²) < 4.78 is 20.5. The Hall–Kier alpha value is -5.84. The molecule has 5 aliphatic rings. The van der Waals surface area contributed by atoms with Crippen LogP contribution in [0.25, 0.3) is 44.9 Å². The van der Waals surface area contributed by atoms with Crippen LogP contribution in [0.3, 0.4) is 0 Å². The Kier molecular flexibility index (Phi) is 6.43. The quantitative estimate of drug-likeness (QED) is 0.149. The number of fused-ring (bicyclic) bond motifs is 7. The second-order valence-electron chi connectivity index (χ2n) is 15.5. The van der Waals surface area contributed by atoms with Gasteiger partial charge in [0, 0.05) is 57.4 Å². The zero-order valence-electron chi connectivity index (χ0n) is 29.4. The van der Waals surface area contributed by atoms with E-state index in [1.165, 1.54) is 0 Å². The van der Waals surface area contributed by atoms with Crippen molar-refractivity contribution in [3.05, 3.63) is 95.3 Å². The summed E-state index contributed by atoms with van der Waals surface area (Å²) in [5, 5.41) is 11.2. The van der Waals surface area contributed by atoms with Crippen molar-refractivity contribution in [2.45, 2.75) is 76.1 Å². The van der Waals surface area contributed by atoms with E-state index in [9.17, 15) is 9.59 Å². The van der Waals surface area contributed by atoms with Gasteiger partial charge < -0.3 is 34.5 Å². The summed E-state index contributed by atoms with van der Waals surface area (Å²) in [7, 11) is 0. The first-order valence-electron chi connectivity index (χ1n) is 18.8. The number of hydrogen-bond acceptors (Lipinski definition) is 8. The lowest BCUT2D eigenvalue weighted by Crippen LogP contribution is -2.51. The molecule has 0 radical (unpaired) electrons. The average Bonchev–Trinajstić information content (AvgIpc) is 4.00. The zero-order chi connectivity index (χ0) is 35.6. The molecule has 11 rings (SSSR count). The lowest BCUT2D eigenvalue weighted by molar-refractivity contribution is -0.132. The smallest absolute Gasteiger partial charge is 0.249 e. The van der Waals surface area contributed by atoms with Crippen molar-refractivity contribution in [1.29, 1.82) is 0 Å². The molecule has 4 N–H and O–H groups in total. The summed E-state index contributed by atoms with van der Waals surface area (Å²) in [4.78, 5) is 41.4. The number of aromatic amines is 1. The number of hydrogen-bond donors (Lipinski definition) is 4. The van der Waals surface area contributed by atoms with Crippen LogP contribution in [0.5, 0.6) is 5.75 Å². The van der Waals surface area contributed by atoms with E-state index < -0.39 is 23.7 Å². The number of H-pyrrole nitrogens is 1. The number of nitrogens with zero attached hydrogens (tertiary/aromatic N) is 2. The molecule has 3 aromatic carbocycles. The fourth-order valence-electron chi connectivity index (χ4n) is 9.51. The molecule has 1 aliphatic carbocycles. The Morgan fingerprint density at radius 2 is 1.81 bits per heavy atom. The molecule has 3 aromatic heterocycles. The second kappa shape index (κ2) is 11.1. The minimum Gasteiger partial charge on any atom is -0.469 e. The predicted molar refractivity (Wildman–Crippen MR) is 197 cm³/mol. The van der Waals surface area contributed by atoms with Crippen molar-refractivity contribution in [1.82, 2.24) is 25.6 Å². The number of amides is 2. The van der Waals surface area contributed by atoms with E-state index in [2.05, 4.69) is 63.4 Å². The Bertz CT molecular complexity index is 2500. The molecular weight excluding hydrogens is 668 g/mol. The summed E-state index contributed by atoms with van der Waals surface area (Å²) in [5.74, 6) is 1.92. The van der Waals surface area contributed by atoms with Crippen molar-refractivity contribution in [3.8, 4) is 39.8 Å². The van der Waals surface area contributed by atoms with E-state index in [1.807, 2.05) is 32.2 Å². The summed E-state index contributed by atoms with van der Waals surface area (Å²) >= 11 is 0. The first-order chi connectivity index (χ1) is 25.9. The lowest BCUT2D eigenvalue weighted by Gasteiger charge is -2.29. The van der Waals surface area contributed by atoms with Crippen molar-refractivity contribution < 1.29 is 23.2 Å². The molecule has 1 spiro atoms. The van der Waals surface area contributed by atoms with E-state index in [0.29, 0.717) is 41.2 Å². The van der Waals surface area contributed by atoms with E-state index in [4.69, 9.17) is 23.5 Å². The van der Waals surface area contributed by atoms with Gasteiger partial charge in [0.25, 0.3) is 0 Å². The Balaban J connectivity index is 1.18. The number of anilines is 1. The van der Waals surface area contributed by atoms with Crippen LogP contribution in [0.1, 0.15) is 80.3 Å². The number of ether oxygens (including phenoxy) is 1. The highest BCUT2D eigenvalue weighted by Crippen LogP contribution is 2.61. The molecule has 7 heterocycles. The molecule has 0 saturated heterocycles. The van der Waals surface area contributed by atoms with Crippen molar-refractivity contribution in [3.63, 3.8) is 0 Å². The summed E-state index contributed by atoms with van der Waals surface area (Å²) in [6.07, 6.45) is 8.28. The van der Waals surface area contributed by atoms with Crippen molar-refractivity contribution in [2.75, 3.05) is 5.32 Å². The van der Waals surface area contributed by atoms with Crippen LogP contribution in [-0.4, -0.2) is 39.0 Å². The normalized spacial score (nSPS) is 23.8. The Labute approximate surface area is 304 Å².